The van der Waals surface area contributed by atoms with E-state index in [1.54, 1.807) is 6.20 Å². The van der Waals surface area contributed by atoms with Gasteiger partial charge >= 0.3 is 0 Å². The van der Waals surface area contributed by atoms with E-state index in [1.165, 1.54) is 18.5 Å². The Morgan fingerprint density at radius 3 is 2.56 bits per heavy atom. The molecule has 3 nitrogen and oxygen atoms in total. The summed E-state index contributed by atoms with van der Waals surface area (Å²) in [6.45, 7) is 1.24. The summed E-state index contributed by atoms with van der Waals surface area (Å²) in [7, 11) is 0. The number of nitrogens with one attached hydrogen (secondary N) is 1. The van der Waals surface area contributed by atoms with Crippen LogP contribution in [0.25, 0.3) is 0 Å². The third-order valence-electron chi connectivity index (χ3n) is 2.46. The molecule has 5 heteroatoms. The maximum atomic E-state index is 12.9. The minimum atomic E-state index is -0.541. The molecule has 0 unspecified atom stereocenters. The number of halogens is 2. The molecule has 0 aliphatic heterocycles. The third kappa shape index (κ3) is 3.85. The molecule has 0 bridgehead atoms. The van der Waals surface area contributed by atoms with Crippen LogP contribution in [-0.2, 0) is 13.0 Å². The van der Waals surface area contributed by atoms with Gasteiger partial charge in [-0.25, -0.2) is 18.7 Å². The first-order valence-corrected chi connectivity index (χ1v) is 5.64. The molecule has 0 saturated carbocycles. The highest BCUT2D eigenvalue weighted by molar-refractivity contribution is 5.18. The Hall–Kier alpha value is -1.88. The molecular formula is C13H13F2N3. The summed E-state index contributed by atoms with van der Waals surface area (Å²) >= 11 is 0. The summed E-state index contributed by atoms with van der Waals surface area (Å²) in [5.74, 6) is -1.08. The number of rotatable bonds is 5. The average Bonchev–Trinajstić information content (AvgIpc) is 2.35. The van der Waals surface area contributed by atoms with Crippen LogP contribution in [0.1, 0.15) is 11.3 Å². The van der Waals surface area contributed by atoms with Crippen molar-refractivity contribution in [3.8, 4) is 0 Å². The zero-order chi connectivity index (χ0) is 12.8. The fourth-order valence-electron chi connectivity index (χ4n) is 1.63. The van der Waals surface area contributed by atoms with Gasteiger partial charge in [0.05, 0.1) is 5.69 Å². The van der Waals surface area contributed by atoms with Crippen LogP contribution >= 0.6 is 0 Å². The van der Waals surface area contributed by atoms with E-state index < -0.39 is 11.6 Å². The van der Waals surface area contributed by atoms with E-state index in [4.69, 9.17) is 0 Å². The van der Waals surface area contributed by atoms with Crippen molar-refractivity contribution in [3.05, 3.63) is 59.7 Å². The first-order chi connectivity index (χ1) is 8.74. The van der Waals surface area contributed by atoms with Gasteiger partial charge in [-0.3, -0.25) is 0 Å². The number of benzene rings is 1. The standard InChI is InChI=1S/C13H13F2N3/c14-11-5-10(6-12(15)7-11)1-3-16-8-13-2-4-17-9-18-13/h2,4-7,9,16H,1,3,8H2. The molecule has 0 aliphatic carbocycles. The normalized spacial score (nSPS) is 10.6. The Labute approximate surface area is 104 Å². The van der Waals surface area contributed by atoms with Gasteiger partial charge in [0, 0.05) is 18.8 Å². The Morgan fingerprint density at radius 2 is 1.89 bits per heavy atom. The minimum Gasteiger partial charge on any atom is -0.311 e. The van der Waals surface area contributed by atoms with Crippen molar-refractivity contribution in [2.45, 2.75) is 13.0 Å². The topological polar surface area (TPSA) is 37.8 Å². The molecule has 0 aliphatic rings. The number of hydrogen-bond acceptors (Lipinski definition) is 3. The molecule has 1 aromatic carbocycles. The van der Waals surface area contributed by atoms with Crippen LogP contribution in [-0.4, -0.2) is 16.5 Å². The van der Waals surface area contributed by atoms with E-state index in [1.807, 2.05) is 6.07 Å². The second-order valence-electron chi connectivity index (χ2n) is 3.91. The van der Waals surface area contributed by atoms with E-state index >= 15 is 0 Å². The van der Waals surface area contributed by atoms with Gasteiger partial charge in [0.1, 0.15) is 18.0 Å². The summed E-state index contributed by atoms with van der Waals surface area (Å²) in [6, 6.07) is 5.37. The van der Waals surface area contributed by atoms with Gasteiger partial charge in [0.25, 0.3) is 0 Å². The summed E-state index contributed by atoms with van der Waals surface area (Å²) in [6.07, 6.45) is 3.73. The lowest BCUT2D eigenvalue weighted by Crippen LogP contribution is -2.17. The predicted octanol–water partition coefficient (Wildman–Crippen LogP) is 2.09. The maximum Gasteiger partial charge on any atom is 0.126 e. The highest BCUT2D eigenvalue weighted by atomic mass is 19.1. The van der Waals surface area contributed by atoms with Crippen molar-refractivity contribution in [2.75, 3.05) is 6.54 Å². The van der Waals surface area contributed by atoms with Crippen LogP contribution in [0.15, 0.2) is 36.8 Å². The monoisotopic (exact) mass is 249 g/mol. The van der Waals surface area contributed by atoms with E-state index in [0.29, 0.717) is 25.1 Å². The summed E-state index contributed by atoms with van der Waals surface area (Å²) in [5.41, 5.74) is 1.53. The lowest BCUT2D eigenvalue weighted by atomic mass is 10.1. The van der Waals surface area contributed by atoms with Crippen molar-refractivity contribution < 1.29 is 8.78 Å². The quantitative estimate of drug-likeness (QED) is 0.824. The van der Waals surface area contributed by atoms with E-state index in [-0.39, 0.29) is 0 Å². The second kappa shape index (κ2) is 6.16. The largest absolute Gasteiger partial charge is 0.311 e. The molecule has 1 N–H and O–H groups in total. The SMILES string of the molecule is Fc1cc(F)cc(CCNCc2ccncn2)c1. The van der Waals surface area contributed by atoms with Crippen LogP contribution in [0.3, 0.4) is 0 Å². The molecule has 0 amide bonds. The molecule has 94 valence electrons. The van der Waals surface area contributed by atoms with Gasteiger partial charge in [0.15, 0.2) is 0 Å². The minimum absolute atomic E-state index is 0.541. The molecule has 1 heterocycles. The van der Waals surface area contributed by atoms with Crippen molar-refractivity contribution in [3.63, 3.8) is 0 Å². The van der Waals surface area contributed by atoms with Crippen molar-refractivity contribution >= 4 is 0 Å². The van der Waals surface area contributed by atoms with Gasteiger partial charge in [0.2, 0.25) is 0 Å². The lowest BCUT2D eigenvalue weighted by Gasteiger charge is -2.04. The van der Waals surface area contributed by atoms with E-state index in [9.17, 15) is 8.78 Å². The van der Waals surface area contributed by atoms with Crippen LogP contribution in [0.2, 0.25) is 0 Å². The smallest absolute Gasteiger partial charge is 0.126 e. The zero-order valence-corrected chi connectivity index (χ0v) is 9.74. The average molecular weight is 249 g/mol. The van der Waals surface area contributed by atoms with Gasteiger partial charge in [-0.1, -0.05) is 0 Å². The van der Waals surface area contributed by atoms with Crippen molar-refractivity contribution in [1.82, 2.24) is 15.3 Å². The molecule has 1 aromatic heterocycles. The van der Waals surface area contributed by atoms with Crippen LogP contribution in [0.4, 0.5) is 8.78 Å². The Kier molecular flexibility index (Phi) is 4.30. The van der Waals surface area contributed by atoms with Crippen molar-refractivity contribution in [2.24, 2.45) is 0 Å². The third-order valence-corrected chi connectivity index (χ3v) is 2.46. The Morgan fingerprint density at radius 1 is 1.11 bits per heavy atom. The molecule has 0 atom stereocenters. The van der Waals surface area contributed by atoms with Crippen LogP contribution < -0.4 is 5.32 Å². The molecule has 2 aromatic rings. The molecule has 0 radical (unpaired) electrons. The zero-order valence-electron chi connectivity index (χ0n) is 9.74. The molecular weight excluding hydrogens is 236 g/mol. The van der Waals surface area contributed by atoms with Crippen molar-refractivity contribution in [1.29, 1.82) is 0 Å². The van der Waals surface area contributed by atoms with Gasteiger partial charge in [-0.05, 0) is 36.7 Å². The molecule has 0 saturated heterocycles. The molecule has 0 fully saturated rings. The van der Waals surface area contributed by atoms with Gasteiger partial charge < -0.3 is 5.32 Å². The maximum absolute atomic E-state index is 12.9. The Balaban J connectivity index is 1.78. The predicted molar refractivity (Wildman–Crippen MR) is 63.8 cm³/mol. The fraction of sp³-hybridized carbons (Fsp3) is 0.231. The molecule has 18 heavy (non-hydrogen) atoms. The highest BCUT2D eigenvalue weighted by Crippen LogP contribution is 2.08. The number of hydrogen-bond donors (Lipinski definition) is 1. The lowest BCUT2D eigenvalue weighted by molar-refractivity contribution is 0.577. The molecule has 2 rings (SSSR count). The first kappa shape index (κ1) is 12.6. The highest BCUT2D eigenvalue weighted by Gasteiger charge is 2.00. The Bertz CT molecular complexity index is 483. The van der Waals surface area contributed by atoms with E-state index in [0.717, 1.165) is 11.8 Å². The number of nitrogens with zero attached hydrogens (tertiary/aromatic N) is 2. The summed E-state index contributed by atoms with van der Waals surface area (Å²) < 4.78 is 25.8. The summed E-state index contributed by atoms with van der Waals surface area (Å²) in [4.78, 5) is 7.88. The van der Waals surface area contributed by atoms with Gasteiger partial charge in [-0.2, -0.15) is 0 Å². The van der Waals surface area contributed by atoms with Crippen LogP contribution in [0, 0.1) is 11.6 Å². The van der Waals surface area contributed by atoms with Gasteiger partial charge in [-0.15, -0.1) is 0 Å². The van der Waals surface area contributed by atoms with Crippen LogP contribution in [0.5, 0.6) is 0 Å². The molecule has 0 spiro atoms. The number of aromatic nitrogens is 2. The fourth-order valence-corrected chi connectivity index (χ4v) is 1.63. The first-order valence-electron chi connectivity index (χ1n) is 5.64. The summed E-state index contributed by atoms with van der Waals surface area (Å²) in [5, 5.41) is 3.15. The second-order valence-corrected chi connectivity index (χ2v) is 3.91. The van der Waals surface area contributed by atoms with E-state index in [2.05, 4.69) is 15.3 Å².